The number of hydrogen-bond acceptors (Lipinski definition) is 5. The summed E-state index contributed by atoms with van der Waals surface area (Å²) in [6.07, 6.45) is -0.0720. The minimum Gasteiger partial charge on any atom is -0.493 e. The van der Waals surface area contributed by atoms with Crippen LogP contribution in [0.5, 0.6) is 23.0 Å². The fraction of sp³-hybridized carbons (Fsp3) is 0.350. The first kappa shape index (κ1) is 20.7. The fourth-order valence-electron chi connectivity index (χ4n) is 2.54. The molecule has 1 amide bonds. The molecule has 0 aliphatic carbocycles. The smallest absolute Gasteiger partial charge is 0.261 e. The zero-order valence-electron chi connectivity index (χ0n) is 15.9. The largest absolute Gasteiger partial charge is 0.493 e. The zero-order chi connectivity index (χ0) is 19.8. The van der Waals surface area contributed by atoms with Crippen molar-refractivity contribution in [2.75, 3.05) is 21.3 Å². The lowest BCUT2D eigenvalue weighted by Crippen LogP contribution is -2.37. The van der Waals surface area contributed by atoms with E-state index < -0.39 is 6.10 Å². The third kappa shape index (κ3) is 5.44. The molecule has 0 aliphatic rings. The quantitative estimate of drug-likeness (QED) is 0.701. The minimum atomic E-state index is -0.604. The molecule has 1 atom stereocenters. The van der Waals surface area contributed by atoms with Gasteiger partial charge in [-0.1, -0.05) is 18.5 Å². The first-order valence-corrected chi connectivity index (χ1v) is 8.89. The molecular weight excluding hydrogens is 370 g/mol. The third-order valence-electron chi connectivity index (χ3n) is 3.95. The number of nitrogens with one attached hydrogen (secondary N) is 1. The normalized spacial score (nSPS) is 11.4. The van der Waals surface area contributed by atoms with Crippen molar-refractivity contribution in [2.24, 2.45) is 0 Å². The molecule has 0 aliphatic heterocycles. The van der Waals surface area contributed by atoms with Crippen LogP contribution in [0.4, 0.5) is 0 Å². The van der Waals surface area contributed by atoms with Crippen LogP contribution in [0.1, 0.15) is 18.9 Å². The van der Waals surface area contributed by atoms with Gasteiger partial charge in [0.15, 0.2) is 17.6 Å². The Hall–Kier alpha value is -2.60. The number of halogens is 1. The number of rotatable bonds is 9. The number of benzene rings is 2. The maximum Gasteiger partial charge on any atom is 0.261 e. The van der Waals surface area contributed by atoms with E-state index in [1.807, 2.05) is 6.92 Å². The molecule has 6 nitrogen and oxygen atoms in total. The van der Waals surface area contributed by atoms with Crippen molar-refractivity contribution in [3.05, 3.63) is 47.0 Å². The van der Waals surface area contributed by atoms with Crippen LogP contribution in [-0.4, -0.2) is 33.3 Å². The minimum absolute atomic E-state index is 0.207. The third-order valence-corrected chi connectivity index (χ3v) is 4.20. The van der Waals surface area contributed by atoms with E-state index in [9.17, 15) is 4.79 Å². The standard InChI is InChI=1S/C20H24ClNO5/c1-5-16(27-15-8-6-14(21)7-9-15)20(23)22-12-13-10-17(24-2)19(26-4)18(11-13)25-3/h6-11,16H,5,12H2,1-4H3,(H,22,23). The van der Waals surface area contributed by atoms with Gasteiger partial charge < -0.3 is 24.3 Å². The molecule has 146 valence electrons. The molecule has 0 aromatic heterocycles. The first-order chi connectivity index (χ1) is 13.0. The summed E-state index contributed by atoms with van der Waals surface area (Å²) in [5.41, 5.74) is 0.819. The van der Waals surface area contributed by atoms with Crippen LogP contribution in [0.15, 0.2) is 36.4 Å². The van der Waals surface area contributed by atoms with Crippen LogP contribution in [0, 0.1) is 0 Å². The molecule has 0 radical (unpaired) electrons. The van der Waals surface area contributed by atoms with Gasteiger partial charge in [-0.3, -0.25) is 4.79 Å². The van der Waals surface area contributed by atoms with Gasteiger partial charge in [0.05, 0.1) is 21.3 Å². The van der Waals surface area contributed by atoms with E-state index in [2.05, 4.69) is 5.32 Å². The predicted molar refractivity (Wildman–Crippen MR) is 104 cm³/mol. The molecule has 2 rings (SSSR count). The van der Waals surface area contributed by atoms with E-state index in [4.69, 9.17) is 30.5 Å². The van der Waals surface area contributed by atoms with Crippen molar-refractivity contribution in [1.82, 2.24) is 5.32 Å². The monoisotopic (exact) mass is 393 g/mol. The summed E-state index contributed by atoms with van der Waals surface area (Å²) in [7, 11) is 4.64. The Bertz CT molecular complexity index is 738. The van der Waals surface area contributed by atoms with Gasteiger partial charge in [0.2, 0.25) is 5.75 Å². The van der Waals surface area contributed by atoms with Crippen molar-refractivity contribution in [3.63, 3.8) is 0 Å². The lowest BCUT2D eigenvalue weighted by molar-refractivity contribution is -0.128. The molecule has 1 unspecified atom stereocenters. The van der Waals surface area contributed by atoms with Crippen molar-refractivity contribution in [1.29, 1.82) is 0 Å². The van der Waals surface area contributed by atoms with Gasteiger partial charge in [-0.25, -0.2) is 0 Å². The molecule has 2 aromatic rings. The van der Waals surface area contributed by atoms with Gasteiger partial charge in [-0.15, -0.1) is 0 Å². The average Bonchev–Trinajstić information content (AvgIpc) is 2.70. The van der Waals surface area contributed by atoms with E-state index in [1.165, 1.54) is 0 Å². The molecule has 0 bridgehead atoms. The van der Waals surface area contributed by atoms with Crippen molar-refractivity contribution in [2.45, 2.75) is 26.0 Å². The van der Waals surface area contributed by atoms with E-state index in [0.29, 0.717) is 41.0 Å². The van der Waals surface area contributed by atoms with Crippen molar-refractivity contribution >= 4 is 17.5 Å². The summed E-state index contributed by atoms with van der Waals surface area (Å²) in [6, 6.07) is 10.5. The summed E-state index contributed by atoms with van der Waals surface area (Å²) in [6.45, 7) is 2.19. The lowest BCUT2D eigenvalue weighted by Gasteiger charge is -2.18. The second kappa shape index (κ2) is 9.92. The second-order valence-corrected chi connectivity index (χ2v) is 6.16. The second-order valence-electron chi connectivity index (χ2n) is 5.72. The first-order valence-electron chi connectivity index (χ1n) is 8.51. The number of carbonyl (C=O) groups excluding carboxylic acids is 1. The number of ether oxygens (including phenoxy) is 4. The Balaban J connectivity index is 2.05. The van der Waals surface area contributed by atoms with Crippen LogP contribution in [0.2, 0.25) is 5.02 Å². The van der Waals surface area contributed by atoms with Gasteiger partial charge in [-0.05, 0) is 48.4 Å². The van der Waals surface area contributed by atoms with E-state index in [-0.39, 0.29) is 5.91 Å². The summed E-state index contributed by atoms with van der Waals surface area (Å²) in [5.74, 6) is 1.96. The number of amides is 1. The van der Waals surface area contributed by atoms with Crippen LogP contribution in [0.3, 0.4) is 0 Å². The van der Waals surface area contributed by atoms with E-state index >= 15 is 0 Å². The highest BCUT2D eigenvalue weighted by Gasteiger charge is 2.19. The zero-order valence-corrected chi connectivity index (χ0v) is 16.6. The van der Waals surface area contributed by atoms with Crippen molar-refractivity contribution < 1.29 is 23.7 Å². The molecule has 0 saturated heterocycles. The Morgan fingerprint density at radius 3 is 2.11 bits per heavy atom. The van der Waals surface area contributed by atoms with Crippen LogP contribution >= 0.6 is 11.6 Å². The highest BCUT2D eigenvalue weighted by atomic mass is 35.5. The summed E-state index contributed by atoms with van der Waals surface area (Å²) >= 11 is 5.87. The molecule has 0 fully saturated rings. The van der Waals surface area contributed by atoms with Crippen LogP contribution in [0.25, 0.3) is 0 Å². The van der Waals surface area contributed by atoms with Gasteiger partial charge in [0.25, 0.3) is 5.91 Å². The molecular formula is C20H24ClNO5. The van der Waals surface area contributed by atoms with Gasteiger partial charge in [0.1, 0.15) is 5.75 Å². The van der Waals surface area contributed by atoms with Crippen LogP contribution < -0.4 is 24.3 Å². The number of hydrogen-bond donors (Lipinski definition) is 1. The van der Waals surface area contributed by atoms with Crippen molar-refractivity contribution in [3.8, 4) is 23.0 Å². The summed E-state index contributed by atoms with van der Waals surface area (Å²) in [4.78, 5) is 12.5. The molecule has 0 spiro atoms. The Morgan fingerprint density at radius 2 is 1.63 bits per heavy atom. The summed E-state index contributed by atoms with van der Waals surface area (Å²) in [5, 5.41) is 3.49. The lowest BCUT2D eigenvalue weighted by atomic mass is 10.1. The SMILES string of the molecule is CCC(Oc1ccc(Cl)cc1)C(=O)NCc1cc(OC)c(OC)c(OC)c1. The topological polar surface area (TPSA) is 66.0 Å². The Kier molecular flexibility index (Phi) is 7.61. The Morgan fingerprint density at radius 1 is 1.04 bits per heavy atom. The molecule has 0 heterocycles. The van der Waals surface area contributed by atoms with Gasteiger partial charge in [-0.2, -0.15) is 0 Å². The van der Waals surface area contributed by atoms with Gasteiger partial charge in [0, 0.05) is 11.6 Å². The molecule has 0 saturated carbocycles. The maximum absolute atomic E-state index is 12.5. The van der Waals surface area contributed by atoms with Gasteiger partial charge >= 0.3 is 0 Å². The molecule has 1 N–H and O–H groups in total. The van der Waals surface area contributed by atoms with E-state index in [0.717, 1.165) is 5.56 Å². The number of methoxy groups -OCH3 is 3. The maximum atomic E-state index is 12.5. The highest BCUT2D eigenvalue weighted by Crippen LogP contribution is 2.38. The highest BCUT2D eigenvalue weighted by molar-refractivity contribution is 6.30. The fourth-order valence-corrected chi connectivity index (χ4v) is 2.67. The average molecular weight is 394 g/mol. The molecule has 27 heavy (non-hydrogen) atoms. The summed E-state index contributed by atoms with van der Waals surface area (Å²) < 4.78 is 21.7. The molecule has 2 aromatic carbocycles. The van der Waals surface area contributed by atoms with Crippen LogP contribution in [-0.2, 0) is 11.3 Å². The Labute approximate surface area is 164 Å². The predicted octanol–water partition coefficient (Wildman–Crippen LogP) is 3.84. The molecule has 7 heteroatoms. The number of carbonyl (C=O) groups is 1. The van der Waals surface area contributed by atoms with E-state index in [1.54, 1.807) is 57.7 Å².